The van der Waals surface area contributed by atoms with E-state index in [1.165, 1.54) is 12.1 Å². The van der Waals surface area contributed by atoms with Gasteiger partial charge in [0.05, 0.1) is 0 Å². The van der Waals surface area contributed by atoms with Crippen molar-refractivity contribution in [3.63, 3.8) is 0 Å². The molecular formula is C12H18F2N2. The van der Waals surface area contributed by atoms with Crippen LogP contribution in [0, 0.1) is 11.6 Å². The molecule has 16 heavy (non-hydrogen) atoms. The van der Waals surface area contributed by atoms with E-state index in [2.05, 4.69) is 4.90 Å². The Labute approximate surface area is 95.1 Å². The number of hydrogen-bond donors (Lipinski definition) is 1. The van der Waals surface area contributed by atoms with Crippen molar-refractivity contribution in [1.82, 2.24) is 4.90 Å². The Balaban J connectivity index is 2.39. The van der Waals surface area contributed by atoms with Gasteiger partial charge >= 0.3 is 0 Å². The monoisotopic (exact) mass is 228 g/mol. The van der Waals surface area contributed by atoms with Gasteiger partial charge in [0.15, 0.2) is 0 Å². The molecule has 0 unspecified atom stereocenters. The van der Waals surface area contributed by atoms with E-state index in [-0.39, 0.29) is 11.6 Å². The molecule has 1 aromatic carbocycles. The normalized spacial score (nSPS) is 11.1. The summed E-state index contributed by atoms with van der Waals surface area (Å²) in [6.07, 6.45) is 1.36. The molecule has 0 bridgehead atoms. The summed E-state index contributed by atoms with van der Waals surface area (Å²) in [6.45, 7) is 2.28. The van der Waals surface area contributed by atoms with Crippen molar-refractivity contribution in [1.29, 1.82) is 0 Å². The lowest BCUT2D eigenvalue weighted by Gasteiger charge is -2.14. The summed E-state index contributed by atoms with van der Waals surface area (Å²) in [6, 6.07) is 3.58. The molecule has 4 heteroatoms. The second kappa shape index (κ2) is 6.55. The number of likely N-dealkylation sites (N-methyl/N-ethyl adjacent to an activating group) is 1. The number of nitrogens with zero attached hydrogens (tertiary/aromatic N) is 1. The molecule has 0 spiro atoms. The lowest BCUT2D eigenvalue weighted by Crippen LogP contribution is -2.26. The van der Waals surface area contributed by atoms with E-state index in [0.717, 1.165) is 25.6 Å². The molecule has 2 nitrogen and oxygen atoms in total. The number of hydrogen-bond acceptors (Lipinski definition) is 2. The zero-order valence-corrected chi connectivity index (χ0v) is 9.55. The Morgan fingerprint density at radius 3 is 2.69 bits per heavy atom. The molecule has 0 aromatic heterocycles. The number of halogens is 2. The van der Waals surface area contributed by atoms with Crippen molar-refractivity contribution >= 4 is 0 Å². The maximum absolute atomic E-state index is 13.2. The fourth-order valence-electron chi connectivity index (χ4n) is 1.61. The summed E-state index contributed by atoms with van der Waals surface area (Å²) in [5.74, 6) is -0.713. The summed E-state index contributed by atoms with van der Waals surface area (Å²) >= 11 is 0. The van der Waals surface area contributed by atoms with Gasteiger partial charge in [-0.3, -0.25) is 0 Å². The number of benzene rings is 1. The zero-order chi connectivity index (χ0) is 12.0. The van der Waals surface area contributed by atoms with Crippen molar-refractivity contribution in [2.45, 2.75) is 12.8 Å². The first-order chi connectivity index (χ1) is 7.63. The standard InChI is InChI=1S/C12H18F2N2/c1-16(8-6-15)7-2-3-10-9-11(13)4-5-12(10)14/h4-5,9H,2-3,6-8,15H2,1H3. The topological polar surface area (TPSA) is 29.3 Å². The summed E-state index contributed by atoms with van der Waals surface area (Å²) in [7, 11) is 1.97. The number of aryl methyl sites for hydroxylation is 1. The van der Waals surface area contributed by atoms with Crippen LogP contribution in [0.5, 0.6) is 0 Å². The molecule has 2 N–H and O–H groups in total. The third-order valence-corrected chi connectivity index (χ3v) is 2.50. The SMILES string of the molecule is CN(CCN)CCCc1cc(F)ccc1F. The van der Waals surface area contributed by atoms with E-state index in [1.807, 2.05) is 7.05 Å². The van der Waals surface area contributed by atoms with Crippen LogP contribution in [0.3, 0.4) is 0 Å². The number of rotatable bonds is 6. The smallest absolute Gasteiger partial charge is 0.126 e. The molecular weight excluding hydrogens is 210 g/mol. The first-order valence-electron chi connectivity index (χ1n) is 5.46. The van der Waals surface area contributed by atoms with Crippen LogP contribution in [-0.2, 0) is 6.42 Å². The van der Waals surface area contributed by atoms with Gasteiger partial charge in [-0.25, -0.2) is 8.78 Å². The van der Waals surface area contributed by atoms with Gasteiger partial charge in [0.25, 0.3) is 0 Å². The van der Waals surface area contributed by atoms with Crippen LogP contribution < -0.4 is 5.73 Å². The molecule has 0 aliphatic heterocycles. The van der Waals surface area contributed by atoms with Gasteiger partial charge in [-0.1, -0.05) is 0 Å². The summed E-state index contributed by atoms with van der Waals surface area (Å²) < 4.78 is 26.1. The highest BCUT2D eigenvalue weighted by Crippen LogP contribution is 2.11. The van der Waals surface area contributed by atoms with E-state index in [4.69, 9.17) is 5.73 Å². The van der Waals surface area contributed by atoms with Gasteiger partial charge in [-0.2, -0.15) is 0 Å². The molecule has 0 radical (unpaired) electrons. The lowest BCUT2D eigenvalue weighted by atomic mass is 10.1. The van der Waals surface area contributed by atoms with Crippen molar-refractivity contribution in [3.05, 3.63) is 35.4 Å². The molecule has 90 valence electrons. The van der Waals surface area contributed by atoms with Crippen LogP contribution in [0.4, 0.5) is 8.78 Å². The second-order valence-corrected chi connectivity index (χ2v) is 3.93. The van der Waals surface area contributed by atoms with Crippen LogP contribution in [0.15, 0.2) is 18.2 Å². The maximum Gasteiger partial charge on any atom is 0.126 e. The van der Waals surface area contributed by atoms with Crippen molar-refractivity contribution in [2.24, 2.45) is 5.73 Å². The fourth-order valence-corrected chi connectivity index (χ4v) is 1.61. The first kappa shape index (κ1) is 13.1. The maximum atomic E-state index is 13.2. The van der Waals surface area contributed by atoms with Gasteiger partial charge < -0.3 is 10.6 Å². The highest BCUT2D eigenvalue weighted by atomic mass is 19.1. The summed E-state index contributed by atoms with van der Waals surface area (Å²) in [5, 5.41) is 0. The number of nitrogens with two attached hydrogens (primary N) is 1. The van der Waals surface area contributed by atoms with Crippen LogP contribution in [0.1, 0.15) is 12.0 Å². The molecule has 0 amide bonds. The molecule has 0 fully saturated rings. The van der Waals surface area contributed by atoms with Gasteiger partial charge in [-0.05, 0) is 50.2 Å². The highest BCUT2D eigenvalue weighted by molar-refractivity contribution is 5.18. The van der Waals surface area contributed by atoms with Gasteiger partial charge in [0.1, 0.15) is 11.6 Å². The highest BCUT2D eigenvalue weighted by Gasteiger charge is 2.04. The van der Waals surface area contributed by atoms with Crippen molar-refractivity contribution in [2.75, 3.05) is 26.7 Å². The molecule has 1 rings (SSSR count). The minimum Gasteiger partial charge on any atom is -0.329 e. The quantitative estimate of drug-likeness (QED) is 0.804. The Morgan fingerprint density at radius 1 is 1.25 bits per heavy atom. The summed E-state index contributed by atoms with van der Waals surface area (Å²) in [5.41, 5.74) is 5.85. The minimum absolute atomic E-state index is 0.331. The minimum atomic E-state index is -0.383. The molecule has 1 aromatic rings. The Hall–Kier alpha value is -1.00. The predicted octanol–water partition coefficient (Wildman–Crippen LogP) is 1.79. The molecule has 0 saturated heterocycles. The average Bonchev–Trinajstić information content (AvgIpc) is 2.23. The largest absolute Gasteiger partial charge is 0.329 e. The fraction of sp³-hybridized carbons (Fsp3) is 0.500. The van der Waals surface area contributed by atoms with Crippen LogP contribution in [0.2, 0.25) is 0 Å². The van der Waals surface area contributed by atoms with Gasteiger partial charge in [0, 0.05) is 13.1 Å². The third kappa shape index (κ3) is 4.24. The molecule has 0 atom stereocenters. The van der Waals surface area contributed by atoms with E-state index in [9.17, 15) is 8.78 Å². The molecule has 0 aliphatic carbocycles. The first-order valence-corrected chi connectivity index (χ1v) is 5.46. The van der Waals surface area contributed by atoms with Gasteiger partial charge in [-0.15, -0.1) is 0 Å². The second-order valence-electron chi connectivity index (χ2n) is 3.93. The lowest BCUT2D eigenvalue weighted by molar-refractivity contribution is 0.337. The van der Waals surface area contributed by atoms with Crippen LogP contribution >= 0.6 is 0 Å². The van der Waals surface area contributed by atoms with E-state index in [0.29, 0.717) is 18.5 Å². The Bertz CT molecular complexity index is 329. The van der Waals surface area contributed by atoms with Crippen molar-refractivity contribution in [3.8, 4) is 0 Å². The van der Waals surface area contributed by atoms with Gasteiger partial charge in [0.2, 0.25) is 0 Å². The Morgan fingerprint density at radius 2 is 2.00 bits per heavy atom. The van der Waals surface area contributed by atoms with E-state index < -0.39 is 0 Å². The molecule has 0 aliphatic rings. The molecule has 0 heterocycles. The van der Waals surface area contributed by atoms with Crippen LogP contribution in [0.25, 0.3) is 0 Å². The predicted molar refractivity (Wildman–Crippen MR) is 61.2 cm³/mol. The zero-order valence-electron chi connectivity index (χ0n) is 9.55. The van der Waals surface area contributed by atoms with E-state index in [1.54, 1.807) is 0 Å². The van der Waals surface area contributed by atoms with E-state index >= 15 is 0 Å². The third-order valence-electron chi connectivity index (χ3n) is 2.50. The van der Waals surface area contributed by atoms with Crippen molar-refractivity contribution < 1.29 is 8.78 Å². The summed E-state index contributed by atoms with van der Waals surface area (Å²) in [4.78, 5) is 2.08. The average molecular weight is 228 g/mol. The molecule has 0 saturated carbocycles. The Kier molecular flexibility index (Phi) is 5.35. The van der Waals surface area contributed by atoms with Crippen LogP contribution in [-0.4, -0.2) is 31.6 Å².